The molecule has 9 heteroatoms. The lowest BCUT2D eigenvalue weighted by Crippen LogP contribution is -2.24. The van der Waals surface area contributed by atoms with Crippen molar-refractivity contribution in [3.05, 3.63) is 30.5 Å². The first-order valence-electron chi connectivity index (χ1n) is 5.03. The lowest BCUT2D eigenvalue weighted by Gasteiger charge is -2.04. The summed E-state index contributed by atoms with van der Waals surface area (Å²) in [7, 11) is -1.92. The normalized spacial score (nSPS) is 11.6. The molecule has 0 fully saturated rings. The second-order valence-corrected chi connectivity index (χ2v) is 5.34. The largest absolute Gasteiger partial charge is 0.384 e. The van der Waals surface area contributed by atoms with Crippen LogP contribution in [0.3, 0.4) is 0 Å². The summed E-state index contributed by atoms with van der Waals surface area (Å²) in [6.45, 7) is 0.0214. The highest BCUT2D eigenvalue weighted by Crippen LogP contribution is 2.08. The molecular weight excluding hydrogens is 256 g/mol. The molecule has 2 aromatic rings. The van der Waals surface area contributed by atoms with Gasteiger partial charge in [-0.3, -0.25) is 4.68 Å². The third-order valence-electron chi connectivity index (χ3n) is 2.14. The second-order valence-electron chi connectivity index (χ2n) is 3.58. The van der Waals surface area contributed by atoms with Crippen LogP contribution < -0.4 is 10.5 Å². The molecule has 3 N–H and O–H groups in total. The number of rotatable bonds is 4. The molecule has 0 aliphatic rings. The van der Waals surface area contributed by atoms with E-state index in [1.54, 1.807) is 7.05 Å². The summed E-state index contributed by atoms with van der Waals surface area (Å²) in [5.74, 6) is 0.657. The molecule has 2 rings (SSSR count). The van der Waals surface area contributed by atoms with Gasteiger partial charge in [-0.25, -0.2) is 23.1 Å². The zero-order chi connectivity index (χ0) is 13.2. The third kappa shape index (κ3) is 2.81. The van der Waals surface area contributed by atoms with Crippen LogP contribution in [-0.4, -0.2) is 28.2 Å². The van der Waals surface area contributed by atoms with Crippen molar-refractivity contribution in [1.82, 2.24) is 24.5 Å². The molecule has 0 radical (unpaired) electrons. The minimum absolute atomic E-state index is 0.0214. The zero-order valence-electron chi connectivity index (χ0n) is 9.61. The van der Waals surface area contributed by atoms with E-state index in [0.29, 0.717) is 5.82 Å². The Morgan fingerprint density at radius 2 is 2.17 bits per heavy atom. The van der Waals surface area contributed by atoms with Crippen molar-refractivity contribution in [1.29, 1.82) is 0 Å². The maximum Gasteiger partial charge on any atom is 0.242 e. The van der Waals surface area contributed by atoms with Gasteiger partial charge < -0.3 is 5.73 Å². The lowest BCUT2D eigenvalue weighted by molar-refractivity contribution is 0.578. The van der Waals surface area contributed by atoms with Crippen molar-refractivity contribution in [2.24, 2.45) is 7.05 Å². The monoisotopic (exact) mass is 268 g/mol. The van der Waals surface area contributed by atoms with E-state index in [0.717, 1.165) is 0 Å². The number of nitrogens with zero attached hydrogens (tertiary/aromatic N) is 4. The van der Waals surface area contributed by atoms with Gasteiger partial charge in [-0.15, -0.1) is 0 Å². The number of nitrogen functional groups attached to an aromatic ring is 1. The van der Waals surface area contributed by atoms with E-state index in [1.165, 1.54) is 29.3 Å². The van der Waals surface area contributed by atoms with Gasteiger partial charge in [-0.1, -0.05) is 0 Å². The number of anilines is 1. The minimum atomic E-state index is -3.62. The Hall–Kier alpha value is -2.00. The van der Waals surface area contributed by atoms with Gasteiger partial charge in [0.15, 0.2) is 5.82 Å². The Morgan fingerprint density at radius 3 is 2.72 bits per heavy atom. The average molecular weight is 268 g/mol. The van der Waals surface area contributed by atoms with E-state index in [1.807, 2.05) is 0 Å². The summed E-state index contributed by atoms with van der Waals surface area (Å²) in [5.41, 5.74) is 5.39. The smallest absolute Gasteiger partial charge is 0.242 e. The van der Waals surface area contributed by atoms with Crippen molar-refractivity contribution >= 4 is 15.8 Å². The van der Waals surface area contributed by atoms with Gasteiger partial charge in [-0.2, -0.15) is 5.10 Å². The molecular formula is C9H12N6O2S. The van der Waals surface area contributed by atoms with E-state index in [9.17, 15) is 8.42 Å². The van der Waals surface area contributed by atoms with Crippen molar-refractivity contribution < 1.29 is 8.42 Å². The Bertz CT molecular complexity index is 633. The number of nitrogens with one attached hydrogen (secondary N) is 1. The van der Waals surface area contributed by atoms with E-state index < -0.39 is 10.0 Å². The lowest BCUT2D eigenvalue weighted by atomic mass is 10.5. The Labute approximate surface area is 104 Å². The maximum absolute atomic E-state index is 11.9. The molecule has 8 nitrogen and oxygen atoms in total. The molecule has 0 aromatic carbocycles. The summed E-state index contributed by atoms with van der Waals surface area (Å²) in [5, 5.41) is 3.96. The number of pyridine rings is 1. The number of aryl methyl sites for hydroxylation is 1. The van der Waals surface area contributed by atoms with Gasteiger partial charge in [0.2, 0.25) is 10.0 Å². The van der Waals surface area contributed by atoms with Crippen LogP contribution in [0, 0.1) is 0 Å². The molecule has 2 aromatic heterocycles. The van der Waals surface area contributed by atoms with Crippen LogP contribution in [0.1, 0.15) is 5.82 Å². The second kappa shape index (κ2) is 4.70. The first-order valence-corrected chi connectivity index (χ1v) is 6.51. The molecule has 2 heterocycles. The van der Waals surface area contributed by atoms with E-state index >= 15 is 0 Å². The third-order valence-corrected chi connectivity index (χ3v) is 3.52. The Kier molecular flexibility index (Phi) is 3.26. The van der Waals surface area contributed by atoms with Gasteiger partial charge in [0.1, 0.15) is 17.0 Å². The number of hydrogen-bond acceptors (Lipinski definition) is 6. The Morgan fingerprint density at radius 1 is 1.39 bits per heavy atom. The van der Waals surface area contributed by atoms with E-state index in [4.69, 9.17) is 5.73 Å². The standard InChI is InChI=1S/C9H12N6O2S/c1-15-6-12-9(14-15)5-13-18(16,17)7-2-3-8(10)11-4-7/h2-4,6,13H,5H2,1H3,(H2,10,11). The SMILES string of the molecule is Cn1cnc(CNS(=O)(=O)c2ccc(N)nc2)n1. The van der Waals surface area contributed by atoms with Gasteiger partial charge in [0.25, 0.3) is 0 Å². The predicted molar refractivity (Wildman–Crippen MR) is 63.7 cm³/mol. The molecule has 18 heavy (non-hydrogen) atoms. The van der Waals surface area contributed by atoms with Crippen molar-refractivity contribution in [2.45, 2.75) is 11.4 Å². The first kappa shape index (κ1) is 12.5. The fraction of sp³-hybridized carbons (Fsp3) is 0.222. The minimum Gasteiger partial charge on any atom is -0.384 e. The average Bonchev–Trinajstić information content (AvgIpc) is 2.73. The fourth-order valence-electron chi connectivity index (χ4n) is 1.26. The summed E-state index contributed by atoms with van der Waals surface area (Å²) in [4.78, 5) is 7.69. The number of aromatic nitrogens is 4. The van der Waals surface area contributed by atoms with Crippen LogP contribution in [0.15, 0.2) is 29.6 Å². The van der Waals surface area contributed by atoms with Crippen LogP contribution >= 0.6 is 0 Å². The quantitative estimate of drug-likeness (QED) is 0.755. The number of nitrogens with two attached hydrogens (primary N) is 1. The molecule has 0 atom stereocenters. The molecule has 0 bridgehead atoms. The first-order chi connectivity index (χ1) is 8.47. The molecule has 0 saturated heterocycles. The van der Waals surface area contributed by atoms with Gasteiger partial charge in [0, 0.05) is 13.2 Å². The topological polar surface area (TPSA) is 116 Å². The van der Waals surface area contributed by atoms with Crippen LogP contribution in [0.4, 0.5) is 5.82 Å². The molecule has 0 aliphatic heterocycles. The molecule has 0 spiro atoms. The van der Waals surface area contributed by atoms with Crippen LogP contribution in [0.2, 0.25) is 0 Å². The van der Waals surface area contributed by atoms with Crippen LogP contribution in [0.25, 0.3) is 0 Å². The van der Waals surface area contributed by atoms with Gasteiger partial charge >= 0.3 is 0 Å². The zero-order valence-corrected chi connectivity index (χ0v) is 10.4. The van der Waals surface area contributed by atoms with Crippen LogP contribution in [-0.2, 0) is 23.6 Å². The van der Waals surface area contributed by atoms with Gasteiger partial charge in [-0.05, 0) is 12.1 Å². The Balaban J connectivity index is 2.10. The van der Waals surface area contributed by atoms with Crippen molar-refractivity contribution in [2.75, 3.05) is 5.73 Å². The number of sulfonamides is 1. The fourth-order valence-corrected chi connectivity index (χ4v) is 2.18. The van der Waals surface area contributed by atoms with Crippen LogP contribution in [0.5, 0.6) is 0 Å². The molecule has 0 unspecified atom stereocenters. The maximum atomic E-state index is 11.9. The molecule has 96 valence electrons. The summed E-state index contributed by atoms with van der Waals surface area (Å²) in [6, 6.07) is 2.81. The molecule has 0 saturated carbocycles. The number of hydrogen-bond donors (Lipinski definition) is 2. The summed E-state index contributed by atoms with van der Waals surface area (Å²) in [6.07, 6.45) is 2.69. The predicted octanol–water partition coefficient (Wildman–Crippen LogP) is -0.729. The highest BCUT2D eigenvalue weighted by molar-refractivity contribution is 7.89. The van der Waals surface area contributed by atoms with Gasteiger partial charge in [0.05, 0.1) is 6.54 Å². The molecule has 0 amide bonds. The molecule has 0 aliphatic carbocycles. The summed E-state index contributed by atoms with van der Waals surface area (Å²) >= 11 is 0. The summed E-state index contributed by atoms with van der Waals surface area (Å²) < 4.78 is 27.6. The van der Waals surface area contributed by atoms with Crippen molar-refractivity contribution in [3.8, 4) is 0 Å². The van der Waals surface area contributed by atoms with E-state index in [-0.39, 0.29) is 17.3 Å². The van der Waals surface area contributed by atoms with E-state index in [2.05, 4.69) is 19.8 Å². The highest BCUT2D eigenvalue weighted by Gasteiger charge is 2.14. The van der Waals surface area contributed by atoms with Crippen molar-refractivity contribution in [3.63, 3.8) is 0 Å². The highest BCUT2D eigenvalue weighted by atomic mass is 32.2.